The zero-order chi connectivity index (χ0) is 14.0. The van der Waals surface area contributed by atoms with Crippen LogP contribution < -0.4 is 11.1 Å². The van der Waals surface area contributed by atoms with E-state index in [1.165, 1.54) is 19.3 Å². The molecular formula is C13H27N3O2. The zero-order valence-electron chi connectivity index (χ0n) is 11.8. The number of nitrogens with two attached hydrogens (primary N) is 1. The van der Waals surface area contributed by atoms with Crippen LogP contribution in [0.5, 0.6) is 0 Å². The number of guanidine groups is 1. The molecule has 2 atom stereocenters. The number of carbonyl (C=O) groups is 1. The number of aliphatic carboxylic acids is 1. The van der Waals surface area contributed by atoms with Crippen molar-refractivity contribution in [1.29, 1.82) is 0 Å². The molecule has 4 N–H and O–H groups in total. The van der Waals surface area contributed by atoms with Gasteiger partial charge in [-0.3, -0.25) is 4.79 Å². The lowest BCUT2D eigenvalue weighted by molar-refractivity contribution is -0.135. The Morgan fingerprint density at radius 1 is 1.28 bits per heavy atom. The van der Waals surface area contributed by atoms with E-state index in [4.69, 9.17) is 10.8 Å². The van der Waals surface area contributed by atoms with E-state index in [1.54, 1.807) is 0 Å². The fraction of sp³-hybridized carbons (Fsp3) is 0.846. The Morgan fingerprint density at radius 2 is 1.89 bits per heavy atom. The largest absolute Gasteiger partial charge is 0.480 e. The van der Waals surface area contributed by atoms with E-state index >= 15 is 0 Å². The van der Waals surface area contributed by atoms with Gasteiger partial charge in [-0.2, -0.15) is 0 Å². The maximum absolute atomic E-state index is 10.3. The second-order valence-electron chi connectivity index (χ2n) is 5.01. The van der Waals surface area contributed by atoms with Gasteiger partial charge >= 0.3 is 5.97 Å². The van der Waals surface area contributed by atoms with Crippen molar-refractivity contribution in [3.63, 3.8) is 0 Å². The van der Waals surface area contributed by atoms with Gasteiger partial charge in [-0.15, -0.1) is 0 Å². The van der Waals surface area contributed by atoms with Gasteiger partial charge in [0.25, 0.3) is 0 Å². The van der Waals surface area contributed by atoms with Gasteiger partial charge in [0, 0.05) is 6.54 Å². The Labute approximate surface area is 110 Å². The van der Waals surface area contributed by atoms with Crippen molar-refractivity contribution in [2.24, 2.45) is 22.6 Å². The molecule has 0 aliphatic rings. The highest BCUT2D eigenvalue weighted by Gasteiger charge is 2.05. The summed E-state index contributed by atoms with van der Waals surface area (Å²) < 4.78 is 0. The summed E-state index contributed by atoms with van der Waals surface area (Å²) >= 11 is 0. The van der Waals surface area contributed by atoms with Crippen LogP contribution in [0.1, 0.15) is 46.5 Å². The van der Waals surface area contributed by atoms with Crippen molar-refractivity contribution < 1.29 is 9.90 Å². The lowest BCUT2D eigenvalue weighted by atomic mass is 9.94. The van der Waals surface area contributed by atoms with Gasteiger partial charge < -0.3 is 16.2 Å². The molecule has 0 rings (SSSR count). The normalized spacial score (nSPS) is 15.2. The second-order valence-corrected chi connectivity index (χ2v) is 5.01. The molecule has 106 valence electrons. The summed E-state index contributed by atoms with van der Waals surface area (Å²) in [5.74, 6) is 0.689. The third kappa shape index (κ3) is 9.93. The van der Waals surface area contributed by atoms with Crippen molar-refractivity contribution in [2.75, 3.05) is 13.1 Å². The molecule has 0 aliphatic carbocycles. The monoisotopic (exact) mass is 257 g/mol. The number of hydrogen-bond acceptors (Lipinski definition) is 2. The van der Waals surface area contributed by atoms with E-state index in [0.717, 1.165) is 18.9 Å². The topological polar surface area (TPSA) is 87.7 Å². The predicted molar refractivity (Wildman–Crippen MR) is 74.6 cm³/mol. The first-order chi connectivity index (χ1) is 8.45. The Bertz CT molecular complexity index is 267. The molecule has 5 heteroatoms. The second kappa shape index (κ2) is 9.74. The Hall–Kier alpha value is -1.26. The van der Waals surface area contributed by atoms with Crippen molar-refractivity contribution >= 4 is 11.9 Å². The molecular weight excluding hydrogens is 230 g/mol. The van der Waals surface area contributed by atoms with E-state index in [9.17, 15) is 4.79 Å². The minimum Gasteiger partial charge on any atom is -0.480 e. The van der Waals surface area contributed by atoms with Gasteiger partial charge in [0.2, 0.25) is 0 Å². The third-order valence-electron chi connectivity index (χ3n) is 3.18. The molecule has 0 radical (unpaired) electrons. The lowest BCUT2D eigenvalue weighted by Crippen LogP contribution is -2.33. The van der Waals surface area contributed by atoms with Crippen molar-refractivity contribution in [1.82, 2.24) is 5.32 Å². The van der Waals surface area contributed by atoms with E-state index in [0.29, 0.717) is 5.92 Å². The average Bonchev–Trinajstić information content (AvgIpc) is 2.33. The van der Waals surface area contributed by atoms with Crippen molar-refractivity contribution in [3.05, 3.63) is 0 Å². The summed E-state index contributed by atoms with van der Waals surface area (Å²) in [5, 5.41) is 11.4. The highest BCUT2D eigenvalue weighted by Crippen LogP contribution is 2.16. The molecule has 18 heavy (non-hydrogen) atoms. The van der Waals surface area contributed by atoms with Crippen LogP contribution in [0.25, 0.3) is 0 Å². The Morgan fingerprint density at radius 3 is 2.44 bits per heavy atom. The first-order valence-electron chi connectivity index (χ1n) is 6.71. The van der Waals surface area contributed by atoms with Crippen LogP contribution in [-0.4, -0.2) is 30.1 Å². The van der Waals surface area contributed by atoms with Crippen LogP contribution in [0, 0.1) is 11.8 Å². The maximum atomic E-state index is 10.3. The number of aliphatic imine (C=N–C) groups is 1. The third-order valence-corrected chi connectivity index (χ3v) is 3.18. The van der Waals surface area contributed by atoms with Crippen LogP contribution in [0.15, 0.2) is 4.99 Å². The number of carboxylic acids is 1. The van der Waals surface area contributed by atoms with E-state index < -0.39 is 5.97 Å². The highest BCUT2D eigenvalue weighted by molar-refractivity contribution is 5.80. The van der Waals surface area contributed by atoms with Gasteiger partial charge in [0.05, 0.1) is 0 Å². The Balaban J connectivity index is 3.64. The van der Waals surface area contributed by atoms with Gasteiger partial charge in [0.15, 0.2) is 5.96 Å². The smallest absolute Gasteiger partial charge is 0.325 e. The van der Waals surface area contributed by atoms with Crippen LogP contribution in [-0.2, 0) is 4.79 Å². The quantitative estimate of drug-likeness (QED) is 0.434. The lowest BCUT2D eigenvalue weighted by Gasteiger charge is -2.14. The summed E-state index contributed by atoms with van der Waals surface area (Å²) in [6, 6.07) is 0. The van der Waals surface area contributed by atoms with Gasteiger partial charge in [-0.05, 0) is 18.3 Å². The van der Waals surface area contributed by atoms with Gasteiger partial charge in [-0.1, -0.05) is 40.0 Å². The molecule has 0 fully saturated rings. The van der Waals surface area contributed by atoms with Crippen LogP contribution in [0.4, 0.5) is 0 Å². The molecule has 0 spiro atoms. The fourth-order valence-corrected chi connectivity index (χ4v) is 1.57. The molecule has 0 aromatic carbocycles. The molecule has 0 aliphatic heterocycles. The molecule has 0 saturated heterocycles. The highest BCUT2D eigenvalue weighted by atomic mass is 16.4. The minimum atomic E-state index is -0.971. The number of carboxylic acid groups (broad SMARTS) is 1. The van der Waals surface area contributed by atoms with E-state index in [-0.39, 0.29) is 12.5 Å². The predicted octanol–water partition coefficient (Wildman–Crippen LogP) is 1.83. The van der Waals surface area contributed by atoms with Gasteiger partial charge in [-0.25, -0.2) is 4.99 Å². The van der Waals surface area contributed by atoms with E-state index in [2.05, 4.69) is 31.1 Å². The molecule has 0 saturated carbocycles. The molecule has 2 unspecified atom stereocenters. The minimum absolute atomic E-state index is 0.214. The first kappa shape index (κ1) is 16.7. The Kier molecular flexibility index (Phi) is 9.06. The van der Waals surface area contributed by atoms with Crippen LogP contribution >= 0.6 is 0 Å². The molecule has 0 amide bonds. The summed E-state index contributed by atoms with van der Waals surface area (Å²) in [6.45, 7) is 7.20. The first-order valence-corrected chi connectivity index (χ1v) is 6.71. The van der Waals surface area contributed by atoms with Gasteiger partial charge in [0.1, 0.15) is 6.54 Å². The van der Waals surface area contributed by atoms with E-state index in [1.807, 2.05) is 0 Å². The molecule has 0 bridgehead atoms. The summed E-state index contributed by atoms with van der Waals surface area (Å²) in [7, 11) is 0. The number of hydrogen-bond donors (Lipinski definition) is 3. The molecule has 5 nitrogen and oxygen atoms in total. The molecule has 0 heterocycles. The zero-order valence-corrected chi connectivity index (χ0v) is 11.8. The number of nitrogens with one attached hydrogen (secondary N) is 1. The average molecular weight is 257 g/mol. The number of rotatable bonds is 9. The summed E-state index contributed by atoms with van der Waals surface area (Å²) in [6.07, 6.45) is 4.75. The maximum Gasteiger partial charge on any atom is 0.325 e. The molecule has 0 aromatic heterocycles. The SMILES string of the molecule is CCC(C)CCC(C)CCNC(N)=NCC(=O)O. The van der Waals surface area contributed by atoms with Crippen LogP contribution in [0.3, 0.4) is 0 Å². The number of nitrogens with zero attached hydrogens (tertiary/aromatic N) is 1. The van der Waals surface area contributed by atoms with Crippen molar-refractivity contribution in [3.8, 4) is 0 Å². The summed E-state index contributed by atoms with van der Waals surface area (Å²) in [5.41, 5.74) is 5.53. The van der Waals surface area contributed by atoms with Crippen molar-refractivity contribution in [2.45, 2.75) is 46.5 Å². The van der Waals surface area contributed by atoms with Crippen LogP contribution in [0.2, 0.25) is 0 Å². The summed E-state index contributed by atoms with van der Waals surface area (Å²) in [4.78, 5) is 14.0. The fourth-order valence-electron chi connectivity index (χ4n) is 1.57. The molecule has 0 aromatic rings. The standard InChI is InChI=1S/C13H27N3O2/c1-4-10(2)5-6-11(3)7-8-15-13(14)16-9-12(17)18/h10-11H,4-9H2,1-3H3,(H,17,18)(H3,14,15,16).